The summed E-state index contributed by atoms with van der Waals surface area (Å²) in [6.45, 7) is 11.0. The second kappa shape index (κ2) is 9.08. The lowest BCUT2D eigenvalue weighted by atomic mass is 10.1. The first-order valence-corrected chi connectivity index (χ1v) is 10.7. The van der Waals surface area contributed by atoms with Gasteiger partial charge in [0.2, 0.25) is 5.91 Å². The molecule has 2 amide bonds. The van der Waals surface area contributed by atoms with Crippen molar-refractivity contribution < 1.29 is 19.1 Å². The quantitative estimate of drug-likeness (QED) is 0.582. The molecule has 0 aliphatic heterocycles. The minimum absolute atomic E-state index is 0.159. The van der Waals surface area contributed by atoms with Crippen molar-refractivity contribution in [2.75, 3.05) is 5.32 Å². The predicted octanol–water partition coefficient (Wildman–Crippen LogP) is 3.57. The summed E-state index contributed by atoms with van der Waals surface area (Å²) in [5.41, 5.74) is 7.74. The summed E-state index contributed by atoms with van der Waals surface area (Å²) in [5, 5.41) is 7.43. The number of amides is 2. The number of carbonyl (C=O) groups is 3. The van der Waals surface area contributed by atoms with E-state index >= 15 is 0 Å². The van der Waals surface area contributed by atoms with E-state index in [1.54, 1.807) is 32.4 Å². The van der Waals surface area contributed by atoms with Crippen LogP contribution in [0.5, 0.6) is 0 Å². The van der Waals surface area contributed by atoms with E-state index < -0.39 is 17.8 Å². The molecule has 0 aliphatic rings. The second-order valence-electron chi connectivity index (χ2n) is 7.14. The van der Waals surface area contributed by atoms with Crippen molar-refractivity contribution >= 4 is 50.1 Å². The van der Waals surface area contributed by atoms with E-state index in [1.807, 2.05) is 13.8 Å². The molecule has 2 aromatic rings. The normalized spacial score (nSPS) is 12.1. The van der Waals surface area contributed by atoms with Gasteiger partial charge in [-0.3, -0.25) is 14.3 Å². The highest BCUT2D eigenvalue weighted by Crippen LogP contribution is 2.34. The fraction of sp³-hybridized carbons (Fsp3) is 0.474. The van der Waals surface area contributed by atoms with E-state index in [0.717, 1.165) is 27.2 Å². The number of aromatic nitrogens is 2. The fourth-order valence-electron chi connectivity index (χ4n) is 2.79. The van der Waals surface area contributed by atoms with Crippen LogP contribution in [0.3, 0.4) is 0 Å². The lowest BCUT2D eigenvalue weighted by molar-refractivity contribution is -0.119. The lowest BCUT2D eigenvalue weighted by Gasteiger charge is -2.14. The van der Waals surface area contributed by atoms with Gasteiger partial charge in [-0.05, 0) is 56.1 Å². The first-order valence-electron chi connectivity index (χ1n) is 9.08. The Morgan fingerprint density at radius 1 is 1.24 bits per heavy atom. The molecule has 0 radical (unpaired) electrons. The molecule has 2 aromatic heterocycles. The molecule has 0 aromatic carbocycles. The number of thiophene rings is 1. The molecule has 0 fully saturated rings. The molecule has 158 valence electrons. The van der Waals surface area contributed by atoms with E-state index in [4.69, 9.17) is 10.5 Å². The maximum absolute atomic E-state index is 12.8. The number of aryl methyl sites for hydroxylation is 1. The van der Waals surface area contributed by atoms with Crippen LogP contribution in [0.25, 0.3) is 0 Å². The van der Waals surface area contributed by atoms with Gasteiger partial charge in [-0.1, -0.05) is 6.92 Å². The van der Waals surface area contributed by atoms with Crippen LogP contribution in [0.15, 0.2) is 4.47 Å². The van der Waals surface area contributed by atoms with Crippen LogP contribution in [0, 0.1) is 26.7 Å². The summed E-state index contributed by atoms with van der Waals surface area (Å²) < 4.78 is 7.93. The highest BCUT2D eigenvalue weighted by Gasteiger charge is 2.27. The molecular weight excluding hydrogens is 460 g/mol. The predicted molar refractivity (Wildman–Crippen MR) is 115 cm³/mol. The molecule has 0 aliphatic carbocycles. The van der Waals surface area contributed by atoms with Crippen molar-refractivity contribution in [2.24, 2.45) is 11.7 Å². The molecule has 3 N–H and O–H groups in total. The summed E-state index contributed by atoms with van der Waals surface area (Å²) in [7, 11) is 0. The molecule has 1 atom stereocenters. The number of rotatable bonds is 7. The third-order valence-corrected chi connectivity index (χ3v) is 6.71. The standard InChI is InChI=1S/C19H25BrN4O4S/c1-8(2)28-19(27)13-10(4)15(16(21)25)29-18(13)22-17(26)9(3)7-24-12(6)14(20)11(5)23-24/h8-9H,7H2,1-6H3,(H2,21,25)(H,22,26). The van der Waals surface area contributed by atoms with Gasteiger partial charge in [-0.15, -0.1) is 11.3 Å². The number of halogens is 1. The third kappa shape index (κ3) is 5.05. The van der Waals surface area contributed by atoms with E-state index in [9.17, 15) is 14.4 Å². The number of nitrogens with one attached hydrogen (secondary N) is 1. The van der Waals surface area contributed by atoms with Crippen LogP contribution in [0.2, 0.25) is 0 Å². The van der Waals surface area contributed by atoms with Gasteiger partial charge in [0.1, 0.15) is 5.00 Å². The Morgan fingerprint density at radius 2 is 1.86 bits per heavy atom. The van der Waals surface area contributed by atoms with Crippen molar-refractivity contribution in [3.8, 4) is 0 Å². The number of carbonyl (C=O) groups excluding carboxylic acids is 3. The third-order valence-electron chi connectivity index (χ3n) is 4.34. The smallest absolute Gasteiger partial charge is 0.341 e. The summed E-state index contributed by atoms with van der Waals surface area (Å²) in [5.74, 6) is -2.00. The molecule has 29 heavy (non-hydrogen) atoms. The Bertz CT molecular complexity index is 964. The highest BCUT2D eigenvalue weighted by molar-refractivity contribution is 9.10. The largest absolute Gasteiger partial charge is 0.459 e. The molecule has 0 saturated carbocycles. The van der Waals surface area contributed by atoms with E-state index in [-0.39, 0.29) is 27.5 Å². The minimum Gasteiger partial charge on any atom is -0.459 e. The van der Waals surface area contributed by atoms with Crippen molar-refractivity contribution in [2.45, 2.75) is 54.2 Å². The molecule has 2 heterocycles. The van der Waals surface area contributed by atoms with Gasteiger partial charge in [0.25, 0.3) is 5.91 Å². The lowest BCUT2D eigenvalue weighted by Crippen LogP contribution is -2.26. The van der Waals surface area contributed by atoms with E-state index in [1.165, 1.54) is 0 Å². The zero-order valence-corrected chi connectivity index (χ0v) is 19.7. The Morgan fingerprint density at radius 3 is 2.34 bits per heavy atom. The number of nitrogens with zero attached hydrogens (tertiary/aromatic N) is 2. The number of ether oxygens (including phenoxy) is 1. The van der Waals surface area contributed by atoms with E-state index in [0.29, 0.717) is 12.1 Å². The molecule has 0 bridgehead atoms. The van der Waals surface area contributed by atoms with Gasteiger partial charge in [0.15, 0.2) is 0 Å². The maximum atomic E-state index is 12.8. The number of esters is 1. The van der Waals surface area contributed by atoms with Crippen LogP contribution in [-0.2, 0) is 16.1 Å². The van der Waals surface area contributed by atoms with Crippen molar-refractivity contribution in [1.82, 2.24) is 9.78 Å². The number of primary amides is 1. The second-order valence-corrected chi connectivity index (χ2v) is 8.95. The topological polar surface area (TPSA) is 116 Å². The van der Waals surface area contributed by atoms with Crippen LogP contribution in [0.4, 0.5) is 5.00 Å². The molecular formula is C19H25BrN4O4S. The zero-order chi connectivity index (χ0) is 22.0. The van der Waals surface area contributed by atoms with Crippen LogP contribution >= 0.6 is 27.3 Å². The summed E-state index contributed by atoms with van der Waals surface area (Å²) >= 11 is 4.45. The van der Waals surface area contributed by atoms with Crippen LogP contribution < -0.4 is 11.1 Å². The van der Waals surface area contributed by atoms with Crippen molar-refractivity contribution in [3.05, 3.63) is 31.9 Å². The number of hydrogen-bond donors (Lipinski definition) is 2. The summed E-state index contributed by atoms with van der Waals surface area (Å²) in [6, 6.07) is 0. The monoisotopic (exact) mass is 484 g/mol. The van der Waals surface area contributed by atoms with Crippen LogP contribution in [0.1, 0.15) is 57.8 Å². The minimum atomic E-state index is -0.660. The van der Waals surface area contributed by atoms with Gasteiger partial charge < -0.3 is 15.8 Å². The summed E-state index contributed by atoms with van der Waals surface area (Å²) in [4.78, 5) is 37.2. The first-order chi connectivity index (χ1) is 13.4. The average molecular weight is 485 g/mol. The first kappa shape index (κ1) is 23.1. The Balaban J connectivity index is 2.28. The summed E-state index contributed by atoms with van der Waals surface area (Å²) in [6.07, 6.45) is -0.342. The Hall–Kier alpha value is -2.20. The van der Waals surface area contributed by atoms with Crippen LogP contribution in [-0.4, -0.2) is 33.7 Å². The number of nitrogens with two attached hydrogens (primary N) is 1. The molecule has 1 unspecified atom stereocenters. The van der Waals surface area contributed by atoms with Gasteiger partial charge in [0, 0.05) is 5.69 Å². The molecule has 8 nitrogen and oxygen atoms in total. The number of anilines is 1. The average Bonchev–Trinajstić information content (AvgIpc) is 3.06. The molecule has 0 spiro atoms. The fourth-order valence-corrected chi connectivity index (χ4v) is 4.12. The zero-order valence-electron chi connectivity index (χ0n) is 17.3. The highest BCUT2D eigenvalue weighted by atomic mass is 79.9. The Kier molecular flexibility index (Phi) is 7.23. The van der Waals surface area contributed by atoms with Gasteiger partial charge >= 0.3 is 5.97 Å². The van der Waals surface area contributed by atoms with E-state index in [2.05, 4.69) is 26.3 Å². The Labute approximate surface area is 181 Å². The SMILES string of the molecule is Cc1nn(CC(C)C(=O)Nc2sc(C(N)=O)c(C)c2C(=O)OC(C)C)c(C)c1Br. The van der Waals surface area contributed by atoms with Crippen molar-refractivity contribution in [1.29, 1.82) is 0 Å². The van der Waals surface area contributed by atoms with Gasteiger partial charge in [0.05, 0.1) is 39.2 Å². The molecule has 10 heteroatoms. The van der Waals surface area contributed by atoms with Gasteiger partial charge in [-0.25, -0.2) is 4.79 Å². The maximum Gasteiger partial charge on any atom is 0.341 e. The molecule has 2 rings (SSSR count). The van der Waals surface area contributed by atoms with Crippen molar-refractivity contribution in [3.63, 3.8) is 0 Å². The number of hydrogen-bond acceptors (Lipinski definition) is 6. The van der Waals surface area contributed by atoms with Gasteiger partial charge in [-0.2, -0.15) is 5.10 Å². The molecule has 0 saturated heterocycles.